The molecule has 1 amide bonds. The Morgan fingerprint density at radius 3 is 2.80 bits per heavy atom. The van der Waals surface area contributed by atoms with Gasteiger partial charge >= 0.3 is 5.97 Å². The van der Waals surface area contributed by atoms with Crippen molar-refractivity contribution in [1.29, 1.82) is 0 Å². The number of carbonyl (C=O) groups excluding carboxylic acids is 1. The van der Waals surface area contributed by atoms with Gasteiger partial charge in [0.2, 0.25) is 0 Å². The molecule has 0 unspecified atom stereocenters. The summed E-state index contributed by atoms with van der Waals surface area (Å²) in [4.78, 5) is 32.3. The summed E-state index contributed by atoms with van der Waals surface area (Å²) in [5, 5.41) is 15.3. The number of carboxylic acid groups (broad SMARTS) is 1. The van der Waals surface area contributed by atoms with E-state index < -0.39 is 5.97 Å². The molecule has 128 valence electrons. The van der Waals surface area contributed by atoms with Crippen LogP contribution in [-0.4, -0.2) is 45.4 Å². The minimum atomic E-state index is -1.01. The van der Waals surface area contributed by atoms with Crippen LogP contribution < -0.4 is 0 Å². The number of amides is 1. The van der Waals surface area contributed by atoms with Crippen molar-refractivity contribution in [2.45, 2.75) is 19.9 Å². The number of aromatic nitrogens is 1. The van der Waals surface area contributed by atoms with Gasteiger partial charge in [-0.1, -0.05) is 18.2 Å². The lowest BCUT2D eigenvalue weighted by atomic mass is 10.00. The van der Waals surface area contributed by atoms with Gasteiger partial charge in [-0.05, 0) is 19.1 Å². The van der Waals surface area contributed by atoms with Gasteiger partial charge in [-0.25, -0.2) is 9.99 Å². The summed E-state index contributed by atoms with van der Waals surface area (Å²) in [5.41, 5.74) is 1.86. The summed E-state index contributed by atoms with van der Waals surface area (Å²) in [6.45, 7) is 1.91. The number of hydrogen-bond donors (Lipinski definition) is 1. The third kappa shape index (κ3) is 3.34. The summed E-state index contributed by atoms with van der Waals surface area (Å²) >= 11 is 1.48. The zero-order valence-corrected chi connectivity index (χ0v) is 14.6. The largest absolute Gasteiger partial charge is 0.481 e. The topological polar surface area (TPSA) is 95.2 Å². The molecule has 1 N–H and O–H groups in total. The van der Waals surface area contributed by atoms with Crippen LogP contribution in [0.3, 0.4) is 0 Å². The number of fused-ring (bicyclic) bond motifs is 1. The molecule has 2 heterocycles. The molecular formula is C17H16N4O3S. The first-order chi connectivity index (χ1) is 12.0. The summed E-state index contributed by atoms with van der Waals surface area (Å²) in [5.74, 6) is -1.37. The molecular weight excluding hydrogens is 340 g/mol. The van der Waals surface area contributed by atoms with Crippen molar-refractivity contribution < 1.29 is 14.7 Å². The predicted octanol–water partition coefficient (Wildman–Crippen LogP) is 2.49. The molecule has 1 aliphatic heterocycles. The number of thiazole rings is 1. The molecule has 0 radical (unpaired) electrons. The molecule has 3 rings (SSSR count). The highest BCUT2D eigenvalue weighted by Crippen LogP contribution is 2.24. The van der Waals surface area contributed by atoms with Gasteiger partial charge in [-0.3, -0.25) is 14.6 Å². The van der Waals surface area contributed by atoms with Crippen molar-refractivity contribution in [1.82, 2.24) is 9.99 Å². The first-order valence-corrected chi connectivity index (χ1v) is 8.44. The Balaban J connectivity index is 1.98. The molecule has 7 nitrogen and oxygen atoms in total. The number of carbonyl (C=O) groups is 2. The first-order valence-electron chi connectivity index (χ1n) is 7.63. The van der Waals surface area contributed by atoms with Crippen LogP contribution >= 0.6 is 11.3 Å². The highest BCUT2D eigenvalue weighted by molar-refractivity contribution is 7.18. The van der Waals surface area contributed by atoms with Crippen LogP contribution in [0.4, 0.5) is 0 Å². The zero-order valence-electron chi connectivity index (χ0n) is 13.8. The normalized spacial score (nSPS) is 18.2. The Bertz CT molecular complexity index is 909. The fourth-order valence-electron chi connectivity index (χ4n) is 2.64. The first kappa shape index (κ1) is 17.0. The Morgan fingerprint density at radius 1 is 1.40 bits per heavy atom. The van der Waals surface area contributed by atoms with Crippen LogP contribution in [-0.2, 0) is 16.1 Å². The summed E-state index contributed by atoms with van der Waals surface area (Å²) in [6, 6.07) is 7.70. The molecule has 0 atom stereocenters. The van der Waals surface area contributed by atoms with E-state index >= 15 is 0 Å². The molecule has 1 aliphatic rings. The molecule has 2 aromatic rings. The van der Waals surface area contributed by atoms with Gasteiger partial charge in [0.15, 0.2) is 0 Å². The second-order valence-electron chi connectivity index (χ2n) is 5.33. The number of carboxylic acids is 1. The number of hydrogen-bond acceptors (Lipinski definition) is 6. The lowest BCUT2D eigenvalue weighted by molar-refractivity contribution is -0.135. The van der Waals surface area contributed by atoms with E-state index in [1.807, 2.05) is 24.3 Å². The van der Waals surface area contributed by atoms with E-state index in [-0.39, 0.29) is 24.6 Å². The Labute approximate surface area is 148 Å². The maximum atomic E-state index is 12.7. The Kier molecular flexibility index (Phi) is 4.71. The molecule has 0 spiro atoms. The molecule has 8 heteroatoms. The lowest BCUT2D eigenvalue weighted by Gasteiger charge is -2.25. The van der Waals surface area contributed by atoms with Gasteiger partial charge in [-0.2, -0.15) is 5.10 Å². The van der Waals surface area contributed by atoms with Gasteiger partial charge in [-0.15, -0.1) is 11.3 Å². The third-order valence-electron chi connectivity index (χ3n) is 3.70. The van der Waals surface area contributed by atoms with Crippen LogP contribution in [0.1, 0.15) is 18.4 Å². The van der Waals surface area contributed by atoms with E-state index in [4.69, 9.17) is 5.11 Å². The number of aliphatic imine (C=N–C) groups is 1. The quantitative estimate of drug-likeness (QED) is 0.910. The molecule has 1 aromatic heterocycles. The smallest absolute Gasteiger partial charge is 0.309 e. The van der Waals surface area contributed by atoms with Crippen molar-refractivity contribution in [3.05, 3.63) is 40.9 Å². The fraction of sp³-hybridized carbons (Fsp3) is 0.235. The van der Waals surface area contributed by atoms with E-state index in [1.165, 1.54) is 23.4 Å². The maximum absolute atomic E-state index is 12.7. The second-order valence-corrected chi connectivity index (χ2v) is 6.45. The van der Waals surface area contributed by atoms with Crippen LogP contribution in [0.25, 0.3) is 10.2 Å². The van der Waals surface area contributed by atoms with Gasteiger partial charge in [0, 0.05) is 12.6 Å². The Hall–Kier alpha value is -2.87. The van der Waals surface area contributed by atoms with E-state index in [0.717, 1.165) is 15.2 Å². The van der Waals surface area contributed by atoms with Crippen molar-refractivity contribution in [2.24, 2.45) is 10.1 Å². The molecule has 25 heavy (non-hydrogen) atoms. The van der Waals surface area contributed by atoms with Crippen LogP contribution in [0.15, 0.2) is 46.0 Å². The molecule has 1 aromatic carbocycles. The highest BCUT2D eigenvalue weighted by Gasteiger charge is 2.32. The third-order valence-corrected chi connectivity index (χ3v) is 4.72. The monoisotopic (exact) mass is 356 g/mol. The number of benzene rings is 1. The summed E-state index contributed by atoms with van der Waals surface area (Å²) in [6.07, 6.45) is 1.39. The van der Waals surface area contributed by atoms with Crippen molar-refractivity contribution in [3.8, 4) is 0 Å². The Morgan fingerprint density at radius 2 is 2.16 bits per heavy atom. The minimum absolute atomic E-state index is 0.178. The number of aliphatic carboxylic acids is 1. The number of nitrogens with zero attached hydrogens (tertiary/aromatic N) is 4. The van der Waals surface area contributed by atoms with E-state index in [2.05, 4.69) is 15.1 Å². The summed E-state index contributed by atoms with van der Waals surface area (Å²) < 4.78 is 1.02. The average Bonchev–Trinajstić information content (AvgIpc) is 2.99. The predicted molar refractivity (Wildman–Crippen MR) is 97.0 cm³/mol. The fourth-order valence-corrected chi connectivity index (χ4v) is 3.58. The van der Waals surface area contributed by atoms with Crippen LogP contribution in [0, 0.1) is 0 Å². The molecule has 0 saturated heterocycles. The molecule has 0 fully saturated rings. The van der Waals surface area contributed by atoms with Gasteiger partial charge < -0.3 is 5.11 Å². The lowest BCUT2D eigenvalue weighted by Crippen LogP contribution is -2.40. The maximum Gasteiger partial charge on any atom is 0.309 e. The van der Waals surface area contributed by atoms with E-state index in [1.54, 1.807) is 13.0 Å². The van der Waals surface area contributed by atoms with Gasteiger partial charge in [0.25, 0.3) is 5.91 Å². The van der Waals surface area contributed by atoms with E-state index in [9.17, 15) is 9.59 Å². The van der Waals surface area contributed by atoms with Crippen molar-refractivity contribution in [3.63, 3.8) is 0 Å². The second kappa shape index (κ2) is 6.94. The van der Waals surface area contributed by atoms with Crippen LogP contribution in [0.2, 0.25) is 0 Å². The number of rotatable bonds is 4. The number of para-hydroxylation sites is 1. The van der Waals surface area contributed by atoms with Gasteiger partial charge in [0.1, 0.15) is 10.7 Å². The van der Waals surface area contributed by atoms with E-state index in [0.29, 0.717) is 11.3 Å². The minimum Gasteiger partial charge on any atom is -0.481 e. The van der Waals surface area contributed by atoms with Crippen molar-refractivity contribution >= 4 is 44.9 Å². The molecule has 0 saturated carbocycles. The SMILES string of the molecule is C/C=C1/C(CC(=O)O)=NN(Cc2nc3ccccc3s2)C(=O)C1=NC. The highest BCUT2D eigenvalue weighted by atomic mass is 32.1. The van der Waals surface area contributed by atoms with Crippen molar-refractivity contribution in [2.75, 3.05) is 7.05 Å². The van der Waals surface area contributed by atoms with Crippen LogP contribution in [0.5, 0.6) is 0 Å². The number of hydrazone groups is 1. The molecule has 0 bridgehead atoms. The van der Waals surface area contributed by atoms with Gasteiger partial charge in [0.05, 0.1) is 28.9 Å². The average molecular weight is 356 g/mol. The summed E-state index contributed by atoms with van der Waals surface area (Å²) in [7, 11) is 1.51. The standard InChI is InChI=1S/C17H16N4O3S/c1-3-10-12(8-15(22)23)20-21(17(24)16(10)18-2)9-14-19-11-6-4-5-7-13(11)25-14/h3-7H,8-9H2,1-2H3,(H,22,23)/b10-3-,18-16?. The molecule has 0 aliphatic carbocycles. The zero-order chi connectivity index (χ0) is 18.0. The number of allylic oxidation sites excluding steroid dienone is 1.